The lowest BCUT2D eigenvalue weighted by Crippen LogP contribution is -2.25. The maximum absolute atomic E-state index is 6.09. The lowest BCUT2D eigenvalue weighted by Gasteiger charge is -2.19. The summed E-state index contributed by atoms with van der Waals surface area (Å²) in [5.74, 6) is 0.796. The van der Waals surface area contributed by atoms with Crippen LogP contribution >= 0.6 is 0 Å². The zero-order chi connectivity index (χ0) is 13.7. The summed E-state index contributed by atoms with van der Waals surface area (Å²) in [6.45, 7) is 5.77. The number of ether oxygens (including phenoxy) is 1. The third-order valence-corrected chi connectivity index (χ3v) is 2.97. The van der Waals surface area contributed by atoms with E-state index in [0.29, 0.717) is 0 Å². The number of nitrogens with one attached hydrogen (secondary N) is 1. The molecule has 2 rings (SSSR count). The van der Waals surface area contributed by atoms with Crippen molar-refractivity contribution in [1.29, 1.82) is 0 Å². The molecular formula is C15H21N3O. The van der Waals surface area contributed by atoms with Crippen molar-refractivity contribution in [2.45, 2.75) is 20.0 Å². The van der Waals surface area contributed by atoms with E-state index in [9.17, 15) is 0 Å². The molecule has 1 unspecified atom stereocenters. The van der Waals surface area contributed by atoms with Gasteiger partial charge in [0.25, 0.3) is 0 Å². The number of hydrogen-bond donors (Lipinski definition) is 1. The van der Waals surface area contributed by atoms with Crippen molar-refractivity contribution >= 4 is 0 Å². The summed E-state index contributed by atoms with van der Waals surface area (Å²) in [4.78, 5) is 0. The molecule has 0 bridgehead atoms. The van der Waals surface area contributed by atoms with Crippen LogP contribution in [-0.4, -0.2) is 22.9 Å². The number of benzene rings is 1. The first-order valence-corrected chi connectivity index (χ1v) is 6.63. The number of likely N-dealkylation sites (N-methyl/N-ethyl adjacent to an activating group) is 1. The van der Waals surface area contributed by atoms with Crippen molar-refractivity contribution in [3.05, 3.63) is 47.7 Å². The van der Waals surface area contributed by atoms with Crippen LogP contribution < -0.4 is 10.1 Å². The maximum atomic E-state index is 6.09. The zero-order valence-electron chi connectivity index (χ0n) is 11.8. The van der Waals surface area contributed by atoms with Gasteiger partial charge in [0.15, 0.2) is 0 Å². The molecule has 1 atom stereocenters. The molecule has 2 aromatic rings. The fourth-order valence-electron chi connectivity index (χ4n) is 2.01. The Balaban J connectivity index is 2.16. The van der Waals surface area contributed by atoms with Crippen molar-refractivity contribution in [2.75, 3.05) is 13.1 Å². The maximum Gasteiger partial charge on any atom is 0.212 e. The summed E-state index contributed by atoms with van der Waals surface area (Å²) in [6.07, 6.45) is -0.00375. The summed E-state index contributed by atoms with van der Waals surface area (Å²) in [5, 5.41) is 7.65. The largest absolute Gasteiger partial charge is 0.468 e. The quantitative estimate of drug-likeness (QED) is 0.866. The number of rotatable bonds is 6. The highest BCUT2D eigenvalue weighted by Crippen LogP contribution is 2.21. The van der Waals surface area contributed by atoms with Crippen LogP contribution in [0.4, 0.5) is 0 Å². The Morgan fingerprint density at radius 1 is 1.32 bits per heavy atom. The normalized spacial score (nSPS) is 12.4. The van der Waals surface area contributed by atoms with E-state index >= 15 is 0 Å². The Hall–Kier alpha value is -1.81. The van der Waals surface area contributed by atoms with Gasteiger partial charge in [-0.25, -0.2) is 4.68 Å². The van der Waals surface area contributed by atoms with Gasteiger partial charge in [0.2, 0.25) is 5.88 Å². The summed E-state index contributed by atoms with van der Waals surface area (Å²) in [5.41, 5.74) is 2.13. The summed E-state index contributed by atoms with van der Waals surface area (Å²) >= 11 is 0. The lowest BCUT2D eigenvalue weighted by atomic mass is 10.1. The molecule has 19 heavy (non-hydrogen) atoms. The highest BCUT2D eigenvalue weighted by Gasteiger charge is 2.15. The molecule has 0 spiro atoms. The summed E-state index contributed by atoms with van der Waals surface area (Å²) in [6, 6.07) is 12.2. The highest BCUT2D eigenvalue weighted by atomic mass is 16.5. The van der Waals surface area contributed by atoms with Crippen LogP contribution in [-0.2, 0) is 7.05 Å². The van der Waals surface area contributed by atoms with Crippen LogP contribution in [0.2, 0.25) is 0 Å². The van der Waals surface area contributed by atoms with E-state index in [2.05, 4.69) is 29.5 Å². The van der Waals surface area contributed by atoms with Crippen molar-refractivity contribution < 1.29 is 4.74 Å². The predicted molar refractivity (Wildman–Crippen MR) is 76.3 cm³/mol. The molecule has 1 aromatic heterocycles. The average Bonchev–Trinajstić information content (AvgIpc) is 2.73. The van der Waals surface area contributed by atoms with Crippen LogP contribution in [0.15, 0.2) is 36.4 Å². The minimum Gasteiger partial charge on any atom is -0.468 e. The molecule has 1 heterocycles. The van der Waals surface area contributed by atoms with E-state index in [1.54, 1.807) is 4.68 Å². The molecule has 0 radical (unpaired) electrons. The molecule has 0 aliphatic carbocycles. The predicted octanol–water partition coefficient (Wildman–Crippen LogP) is 2.46. The fourth-order valence-corrected chi connectivity index (χ4v) is 2.01. The third-order valence-electron chi connectivity index (χ3n) is 2.97. The Bertz CT molecular complexity index is 507. The molecule has 4 nitrogen and oxygen atoms in total. The first-order valence-electron chi connectivity index (χ1n) is 6.63. The number of nitrogens with zero attached hydrogens (tertiary/aromatic N) is 2. The van der Waals surface area contributed by atoms with E-state index in [0.717, 1.165) is 24.7 Å². The molecule has 0 aliphatic rings. The van der Waals surface area contributed by atoms with Crippen molar-refractivity contribution in [3.63, 3.8) is 0 Å². The Labute approximate surface area is 114 Å². The molecule has 102 valence electrons. The minimum absolute atomic E-state index is 0.00375. The highest BCUT2D eigenvalue weighted by molar-refractivity contribution is 5.21. The Kier molecular flexibility index (Phi) is 4.58. The van der Waals surface area contributed by atoms with Gasteiger partial charge < -0.3 is 10.1 Å². The number of hydrogen-bond acceptors (Lipinski definition) is 3. The zero-order valence-corrected chi connectivity index (χ0v) is 11.8. The van der Waals surface area contributed by atoms with Crippen molar-refractivity contribution in [3.8, 4) is 5.88 Å². The van der Waals surface area contributed by atoms with E-state index < -0.39 is 0 Å². The van der Waals surface area contributed by atoms with Crippen LogP contribution in [0, 0.1) is 6.92 Å². The Morgan fingerprint density at radius 3 is 2.63 bits per heavy atom. The summed E-state index contributed by atoms with van der Waals surface area (Å²) in [7, 11) is 1.90. The number of aryl methyl sites for hydroxylation is 2. The second-order valence-corrected chi connectivity index (χ2v) is 4.57. The van der Waals surface area contributed by atoms with Crippen LogP contribution in [0.3, 0.4) is 0 Å². The van der Waals surface area contributed by atoms with Gasteiger partial charge in [-0.1, -0.05) is 37.3 Å². The van der Waals surface area contributed by atoms with Crippen molar-refractivity contribution in [2.24, 2.45) is 7.05 Å². The molecule has 0 saturated heterocycles. The van der Waals surface area contributed by atoms with Crippen LogP contribution in [0.1, 0.15) is 24.3 Å². The minimum atomic E-state index is -0.00375. The van der Waals surface area contributed by atoms with Gasteiger partial charge in [-0.05, 0) is 19.0 Å². The molecule has 1 N–H and O–H groups in total. The molecule has 0 saturated carbocycles. The SMILES string of the molecule is CCNCC(Oc1cc(C)nn1C)c1ccccc1. The lowest BCUT2D eigenvalue weighted by molar-refractivity contribution is 0.185. The second kappa shape index (κ2) is 6.38. The van der Waals surface area contributed by atoms with Gasteiger partial charge in [0, 0.05) is 19.7 Å². The third kappa shape index (κ3) is 3.58. The molecule has 0 fully saturated rings. The van der Waals surface area contributed by atoms with Gasteiger partial charge in [-0.15, -0.1) is 0 Å². The Morgan fingerprint density at radius 2 is 2.05 bits per heavy atom. The number of aromatic nitrogens is 2. The molecular weight excluding hydrogens is 238 g/mol. The molecule has 0 amide bonds. The van der Waals surface area contributed by atoms with Gasteiger partial charge in [-0.2, -0.15) is 5.10 Å². The monoisotopic (exact) mass is 259 g/mol. The van der Waals surface area contributed by atoms with Gasteiger partial charge >= 0.3 is 0 Å². The molecule has 1 aromatic carbocycles. The first-order chi connectivity index (χ1) is 9.20. The first kappa shape index (κ1) is 13.6. The smallest absolute Gasteiger partial charge is 0.212 e. The van der Waals surface area contributed by atoms with E-state index in [1.165, 1.54) is 5.56 Å². The topological polar surface area (TPSA) is 39.1 Å². The van der Waals surface area contributed by atoms with Gasteiger partial charge in [0.1, 0.15) is 6.10 Å². The molecule has 4 heteroatoms. The van der Waals surface area contributed by atoms with Crippen LogP contribution in [0.25, 0.3) is 0 Å². The second-order valence-electron chi connectivity index (χ2n) is 4.57. The molecule has 0 aliphatic heterocycles. The summed E-state index contributed by atoms with van der Waals surface area (Å²) < 4.78 is 7.87. The van der Waals surface area contributed by atoms with Gasteiger partial charge in [0.05, 0.1) is 5.69 Å². The van der Waals surface area contributed by atoms with Crippen molar-refractivity contribution in [1.82, 2.24) is 15.1 Å². The fraction of sp³-hybridized carbons (Fsp3) is 0.400. The standard InChI is InChI=1S/C15H21N3O/c1-4-16-11-14(13-8-6-5-7-9-13)19-15-10-12(2)17-18(15)3/h5-10,14,16H,4,11H2,1-3H3. The van der Waals surface area contributed by atoms with E-state index in [-0.39, 0.29) is 6.10 Å². The van der Waals surface area contributed by atoms with Crippen LogP contribution in [0.5, 0.6) is 5.88 Å². The van der Waals surface area contributed by atoms with Gasteiger partial charge in [-0.3, -0.25) is 0 Å². The average molecular weight is 259 g/mol. The van der Waals surface area contributed by atoms with E-state index in [4.69, 9.17) is 4.74 Å². The van der Waals surface area contributed by atoms with E-state index in [1.807, 2.05) is 38.2 Å².